The van der Waals surface area contributed by atoms with Gasteiger partial charge in [-0.15, -0.1) is 5.10 Å². The van der Waals surface area contributed by atoms with E-state index < -0.39 is 62.1 Å². The van der Waals surface area contributed by atoms with Crippen molar-refractivity contribution in [2.24, 2.45) is 0 Å². The molecule has 0 saturated carbocycles. The molecule has 5 rings (SSSR count). The van der Waals surface area contributed by atoms with Crippen molar-refractivity contribution in [3.63, 3.8) is 0 Å². The summed E-state index contributed by atoms with van der Waals surface area (Å²) in [6, 6.07) is 9.24. The van der Waals surface area contributed by atoms with Gasteiger partial charge >= 0.3 is 12.4 Å². The second-order valence-corrected chi connectivity index (χ2v) is 12.0. The van der Waals surface area contributed by atoms with E-state index >= 15 is 0 Å². The van der Waals surface area contributed by atoms with Gasteiger partial charge in [0.05, 0.1) is 34.6 Å². The summed E-state index contributed by atoms with van der Waals surface area (Å²) in [4.78, 5) is 16.5. The lowest BCUT2D eigenvalue weighted by molar-refractivity contribution is -0.141. The van der Waals surface area contributed by atoms with Crippen LogP contribution in [0.3, 0.4) is 0 Å². The zero-order valence-electron chi connectivity index (χ0n) is 23.5. The molecular weight excluding hydrogens is 647 g/mol. The van der Waals surface area contributed by atoms with Crippen LogP contribution in [0, 0.1) is 12.7 Å². The molecule has 0 aliphatic carbocycles. The number of benzene rings is 3. The number of carbonyl (C=O) groups excluding carboxylic acids is 1. The van der Waals surface area contributed by atoms with Gasteiger partial charge in [0.25, 0.3) is 0 Å². The normalized spacial score (nSPS) is 12.5. The molecule has 0 saturated heterocycles. The number of ketones is 1. The van der Waals surface area contributed by atoms with Gasteiger partial charge in [-0.25, -0.2) is 22.5 Å². The molecule has 0 aliphatic rings. The maximum Gasteiger partial charge on any atom is 0.434 e. The van der Waals surface area contributed by atoms with Crippen LogP contribution in [0.25, 0.3) is 22.5 Å². The van der Waals surface area contributed by atoms with Gasteiger partial charge in [-0.1, -0.05) is 23.4 Å². The fourth-order valence-electron chi connectivity index (χ4n) is 4.72. The van der Waals surface area contributed by atoms with Crippen molar-refractivity contribution in [3.8, 4) is 22.5 Å². The number of aliphatic hydroxyl groups is 1. The lowest BCUT2D eigenvalue weighted by Gasteiger charge is -2.16. The van der Waals surface area contributed by atoms with Crippen LogP contribution in [-0.2, 0) is 28.8 Å². The van der Waals surface area contributed by atoms with Crippen molar-refractivity contribution in [3.05, 3.63) is 107 Å². The maximum atomic E-state index is 15.0. The van der Waals surface area contributed by atoms with E-state index in [1.807, 2.05) is 0 Å². The summed E-state index contributed by atoms with van der Waals surface area (Å²) in [5, 5.41) is 17.2. The molecule has 5 aromatic rings. The molecule has 0 aliphatic heterocycles. The lowest BCUT2D eigenvalue weighted by Crippen LogP contribution is -2.13. The van der Waals surface area contributed by atoms with Crippen LogP contribution in [0.5, 0.6) is 0 Å². The quantitative estimate of drug-likeness (QED) is 0.174. The number of rotatable bonds is 7. The van der Waals surface area contributed by atoms with E-state index in [-0.39, 0.29) is 39.6 Å². The Balaban J connectivity index is 1.73. The highest BCUT2D eigenvalue weighted by Crippen LogP contribution is 2.35. The van der Waals surface area contributed by atoms with Gasteiger partial charge in [0.2, 0.25) is 5.78 Å². The Morgan fingerprint density at radius 1 is 0.913 bits per heavy atom. The molecule has 9 nitrogen and oxygen atoms in total. The van der Waals surface area contributed by atoms with Gasteiger partial charge < -0.3 is 9.67 Å². The molecule has 1 N–H and O–H groups in total. The number of aromatic nitrogens is 5. The molecule has 46 heavy (non-hydrogen) atoms. The van der Waals surface area contributed by atoms with E-state index in [2.05, 4.69) is 15.3 Å². The molecule has 17 heteroatoms. The summed E-state index contributed by atoms with van der Waals surface area (Å²) in [6.07, 6.45) is -6.98. The topological polar surface area (TPSA) is 120 Å². The third kappa shape index (κ3) is 6.15. The number of hydrogen-bond donors (Lipinski definition) is 1. The predicted octanol–water partition coefficient (Wildman–Crippen LogP) is 5.73. The second-order valence-electron chi connectivity index (χ2n) is 10.0. The zero-order valence-corrected chi connectivity index (χ0v) is 24.3. The summed E-state index contributed by atoms with van der Waals surface area (Å²) in [5.74, 6) is -2.02. The molecule has 2 aromatic heterocycles. The molecular formula is C29H20F7N5O4S. The Bertz CT molecular complexity index is 2080. The number of alkyl halides is 6. The number of imidazole rings is 1. The molecule has 3 aromatic carbocycles. The average Bonchev–Trinajstić information content (AvgIpc) is 3.62. The second kappa shape index (κ2) is 11.5. The predicted molar refractivity (Wildman–Crippen MR) is 148 cm³/mol. The summed E-state index contributed by atoms with van der Waals surface area (Å²) in [6.45, 7) is 0.360. The molecule has 0 fully saturated rings. The van der Waals surface area contributed by atoms with Crippen molar-refractivity contribution in [2.75, 3.05) is 6.26 Å². The van der Waals surface area contributed by atoms with Crippen LogP contribution in [0.1, 0.15) is 38.7 Å². The lowest BCUT2D eigenvalue weighted by atomic mass is 10.0. The van der Waals surface area contributed by atoms with Crippen molar-refractivity contribution in [1.29, 1.82) is 0 Å². The van der Waals surface area contributed by atoms with Crippen LogP contribution in [0.15, 0.2) is 71.9 Å². The minimum absolute atomic E-state index is 0.0167. The SMILES string of the molecule is Cc1nc(C(F)(F)F)cn1-c1ccc(-c2cc(F)c(CO)c(S(C)(=O)=O)c2)cc1-n1nncc1C(=O)c1ccc(C(F)(F)F)cc1. The van der Waals surface area contributed by atoms with E-state index in [1.165, 1.54) is 25.1 Å². The Hall–Kier alpha value is -4.90. The standard InChI is InChI=1S/C29H20F7N5O4S/c1-15-38-26(29(34,35)36)13-40(15)22-8-5-17(18-9-21(30)20(14-42)25(11-18)46(2,44)45)10-23(22)41-24(12-37-39-41)27(43)16-3-6-19(7-4-16)28(31,32)33/h3-13,42H,14H2,1-2H3. The molecule has 0 amide bonds. The van der Waals surface area contributed by atoms with Gasteiger partial charge in [0.1, 0.15) is 17.3 Å². The molecule has 0 unspecified atom stereocenters. The van der Waals surface area contributed by atoms with E-state index in [4.69, 9.17) is 0 Å². The highest BCUT2D eigenvalue weighted by molar-refractivity contribution is 7.90. The number of nitrogens with zero attached hydrogens (tertiary/aromatic N) is 5. The van der Waals surface area contributed by atoms with E-state index in [0.717, 1.165) is 46.0 Å². The Labute approximate surface area is 255 Å². The summed E-state index contributed by atoms with van der Waals surface area (Å²) in [5.41, 5.74) is -3.23. The largest absolute Gasteiger partial charge is 0.434 e. The van der Waals surface area contributed by atoms with E-state index in [9.17, 15) is 49.1 Å². The number of sulfone groups is 1. The number of aryl methyl sites for hydroxylation is 1. The Kier molecular flexibility index (Phi) is 8.10. The first kappa shape index (κ1) is 32.5. The third-order valence-corrected chi connectivity index (χ3v) is 8.10. The van der Waals surface area contributed by atoms with Gasteiger partial charge in [-0.3, -0.25) is 4.79 Å². The van der Waals surface area contributed by atoms with Gasteiger partial charge in [0, 0.05) is 23.6 Å². The highest BCUT2D eigenvalue weighted by atomic mass is 32.2. The minimum Gasteiger partial charge on any atom is -0.392 e. The fraction of sp³-hybridized carbons (Fsp3) is 0.172. The van der Waals surface area contributed by atoms with Crippen molar-refractivity contribution < 1.29 is 49.1 Å². The fourth-order valence-corrected chi connectivity index (χ4v) is 5.67. The van der Waals surface area contributed by atoms with E-state index in [1.54, 1.807) is 0 Å². The molecule has 0 spiro atoms. The smallest absolute Gasteiger partial charge is 0.392 e. The first-order chi connectivity index (χ1) is 21.4. The third-order valence-electron chi connectivity index (χ3n) is 6.94. The molecule has 0 atom stereocenters. The summed E-state index contributed by atoms with van der Waals surface area (Å²) >= 11 is 0. The van der Waals surface area contributed by atoms with Crippen LogP contribution in [0.4, 0.5) is 30.7 Å². The first-order valence-electron chi connectivity index (χ1n) is 12.9. The van der Waals surface area contributed by atoms with Crippen LogP contribution in [0.2, 0.25) is 0 Å². The summed E-state index contributed by atoms with van der Waals surface area (Å²) < 4.78 is 122. The van der Waals surface area contributed by atoms with Crippen LogP contribution >= 0.6 is 0 Å². The number of hydrogen-bond acceptors (Lipinski definition) is 7. The Morgan fingerprint density at radius 3 is 2.15 bits per heavy atom. The highest BCUT2D eigenvalue weighted by Gasteiger charge is 2.35. The zero-order chi connectivity index (χ0) is 33.8. The number of aliphatic hydroxyl groups excluding tert-OH is 1. The summed E-state index contributed by atoms with van der Waals surface area (Å²) in [7, 11) is -4.04. The average molecular weight is 668 g/mol. The van der Waals surface area contributed by atoms with Gasteiger partial charge in [0.15, 0.2) is 15.5 Å². The van der Waals surface area contributed by atoms with Gasteiger partial charge in [-0.2, -0.15) is 26.3 Å². The van der Waals surface area contributed by atoms with Crippen molar-refractivity contribution in [2.45, 2.75) is 30.8 Å². The monoisotopic (exact) mass is 667 g/mol. The molecule has 2 heterocycles. The first-order valence-corrected chi connectivity index (χ1v) is 14.8. The van der Waals surface area contributed by atoms with E-state index in [0.29, 0.717) is 18.3 Å². The van der Waals surface area contributed by atoms with Crippen LogP contribution < -0.4 is 0 Å². The minimum atomic E-state index is -4.82. The Morgan fingerprint density at radius 2 is 1.59 bits per heavy atom. The maximum absolute atomic E-state index is 15.0. The van der Waals surface area contributed by atoms with Gasteiger partial charge in [-0.05, 0) is 54.4 Å². The van der Waals surface area contributed by atoms with Crippen molar-refractivity contribution >= 4 is 15.6 Å². The number of carbonyl (C=O) groups is 1. The molecule has 0 radical (unpaired) electrons. The molecule has 0 bridgehead atoms. The molecule has 240 valence electrons. The number of halogens is 7. The van der Waals surface area contributed by atoms with Crippen molar-refractivity contribution in [1.82, 2.24) is 24.5 Å². The van der Waals surface area contributed by atoms with Crippen LogP contribution in [-0.4, -0.2) is 50.1 Å².